The lowest BCUT2D eigenvalue weighted by atomic mass is 10.3. The largest absolute Gasteiger partial charge is 0.357 e. The normalized spacial score (nSPS) is 9.75. The van der Waals surface area contributed by atoms with E-state index < -0.39 is 0 Å². The lowest BCUT2D eigenvalue weighted by Crippen LogP contribution is -2.15. The molecule has 0 atom stereocenters. The number of aromatic amines is 1. The highest BCUT2D eigenvalue weighted by Crippen LogP contribution is 2.13. The van der Waals surface area contributed by atoms with E-state index in [0.29, 0.717) is 17.1 Å². The highest BCUT2D eigenvalue weighted by molar-refractivity contribution is 6.03. The average Bonchev–Trinajstić information content (AvgIpc) is 2.89. The molecule has 6 nitrogen and oxygen atoms in total. The van der Waals surface area contributed by atoms with Crippen LogP contribution in [0.25, 0.3) is 0 Å². The zero-order chi connectivity index (χ0) is 11.5. The number of hydrogen-bond acceptors (Lipinski definition) is 3. The fourth-order valence-electron chi connectivity index (χ4n) is 1.31. The minimum atomic E-state index is -0.301. The Kier molecular flexibility index (Phi) is 2.44. The van der Waals surface area contributed by atoms with E-state index in [0.717, 1.165) is 0 Å². The van der Waals surface area contributed by atoms with Crippen LogP contribution in [0.1, 0.15) is 16.1 Å². The van der Waals surface area contributed by atoms with E-state index in [1.807, 2.05) is 6.07 Å². The van der Waals surface area contributed by atoms with Crippen LogP contribution in [-0.4, -0.2) is 20.7 Å². The van der Waals surface area contributed by atoms with Crippen LogP contribution >= 0.6 is 0 Å². The number of nitrogens with zero attached hydrogens (tertiary/aromatic N) is 3. The van der Waals surface area contributed by atoms with Crippen molar-refractivity contribution in [1.82, 2.24) is 14.8 Å². The van der Waals surface area contributed by atoms with Gasteiger partial charge in [-0.1, -0.05) is 0 Å². The molecule has 0 bridgehead atoms. The number of rotatable bonds is 2. The summed E-state index contributed by atoms with van der Waals surface area (Å²) in [6, 6.07) is 5.33. The van der Waals surface area contributed by atoms with Gasteiger partial charge >= 0.3 is 0 Å². The molecular formula is C10H9N5O. The smallest absolute Gasteiger partial charge is 0.273 e. The van der Waals surface area contributed by atoms with Crippen molar-refractivity contribution in [2.75, 3.05) is 5.32 Å². The molecule has 0 aliphatic carbocycles. The molecule has 2 heterocycles. The van der Waals surface area contributed by atoms with Gasteiger partial charge in [0, 0.05) is 13.2 Å². The van der Waals surface area contributed by atoms with Crippen LogP contribution in [0.2, 0.25) is 0 Å². The summed E-state index contributed by atoms with van der Waals surface area (Å²) in [6.07, 6.45) is 3.06. The third kappa shape index (κ3) is 1.66. The molecule has 80 valence electrons. The zero-order valence-electron chi connectivity index (χ0n) is 8.56. The van der Waals surface area contributed by atoms with Crippen LogP contribution in [0.4, 0.5) is 5.82 Å². The maximum absolute atomic E-state index is 11.7. The molecular weight excluding hydrogens is 206 g/mol. The van der Waals surface area contributed by atoms with Gasteiger partial charge in [-0.3, -0.25) is 9.48 Å². The van der Waals surface area contributed by atoms with Crippen molar-refractivity contribution in [3.63, 3.8) is 0 Å². The first-order chi connectivity index (χ1) is 7.72. The molecule has 2 aromatic heterocycles. The lowest BCUT2D eigenvalue weighted by molar-refractivity contribution is 0.102. The number of anilines is 1. The first-order valence-electron chi connectivity index (χ1n) is 4.59. The van der Waals surface area contributed by atoms with Crippen molar-refractivity contribution in [1.29, 1.82) is 5.26 Å². The van der Waals surface area contributed by atoms with Gasteiger partial charge in [-0.15, -0.1) is 0 Å². The summed E-state index contributed by atoms with van der Waals surface area (Å²) >= 11 is 0. The summed E-state index contributed by atoms with van der Waals surface area (Å²) in [5.41, 5.74) is 0.771. The Labute approximate surface area is 91.5 Å². The fourth-order valence-corrected chi connectivity index (χ4v) is 1.31. The van der Waals surface area contributed by atoms with Crippen molar-refractivity contribution in [3.8, 4) is 6.07 Å². The number of aryl methyl sites for hydroxylation is 1. The zero-order valence-corrected chi connectivity index (χ0v) is 8.56. The second kappa shape index (κ2) is 3.90. The van der Waals surface area contributed by atoms with E-state index in [1.165, 1.54) is 10.9 Å². The molecule has 0 aromatic carbocycles. The molecule has 0 unspecified atom stereocenters. The number of aromatic nitrogens is 3. The van der Waals surface area contributed by atoms with Crippen molar-refractivity contribution in [3.05, 3.63) is 35.8 Å². The van der Waals surface area contributed by atoms with E-state index >= 15 is 0 Å². The summed E-state index contributed by atoms with van der Waals surface area (Å²) in [7, 11) is 1.66. The third-order valence-corrected chi connectivity index (χ3v) is 2.13. The molecule has 0 saturated carbocycles. The van der Waals surface area contributed by atoms with Gasteiger partial charge in [0.25, 0.3) is 5.91 Å². The minimum Gasteiger partial charge on any atom is -0.357 e. The summed E-state index contributed by atoms with van der Waals surface area (Å²) in [5.74, 6) is 0.0900. The van der Waals surface area contributed by atoms with Crippen molar-refractivity contribution >= 4 is 11.7 Å². The van der Waals surface area contributed by atoms with E-state index in [4.69, 9.17) is 5.26 Å². The fraction of sp³-hybridized carbons (Fsp3) is 0.100. The Morgan fingerprint density at radius 1 is 1.69 bits per heavy atom. The number of carbonyl (C=O) groups is 1. The SMILES string of the molecule is Cn1ncc(C#N)c1NC(=O)c1ccc[nH]1. The first-order valence-corrected chi connectivity index (χ1v) is 4.59. The van der Waals surface area contributed by atoms with Gasteiger partial charge in [0.15, 0.2) is 0 Å². The standard InChI is InChI=1S/C10H9N5O/c1-15-9(7(5-11)6-13-15)14-10(16)8-3-2-4-12-8/h2-4,6,12H,1H3,(H,14,16). The van der Waals surface area contributed by atoms with E-state index in [9.17, 15) is 4.79 Å². The topological polar surface area (TPSA) is 86.5 Å². The second-order valence-electron chi connectivity index (χ2n) is 3.18. The van der Waals surface area contributed by atoms with Gasteiger partial charge in [0.05, 0.1) is 6.20 Å². The van der Waals surface area contributed by atoms with Crippen LogP contribution < -0.4 is 5.32 Å². The number of nitriles is 1. The Bertz CT molecular complexity index is 546. The number of H-pyrrole nitrogens is 1. The van der Waals surface area contributed by atoms with Crippen LogP contribution in [0.5, 0.6) is 0 Å². The van der Waals surface area contributed by atoms with Gasteiger partial charge < -0.3 is 10.3 Å². The molecule has 0 aliphatic rings. The average molecular weight is 215 g/mol. The van der Waals surface area contributed by atoms with Gasteiger partial charge in [0.2, 0.25) is 0 Å². The monoisotopic (exact) mass is 215 g/mol. The van der Waals surface area contributed by atoms with Crippen LogP contribution in [0.15, 0.2) is 24.5 Å². The molecule has 2 aromatic rings. The minimum absolute atomic E-state index is 0.301. The molecule has 2 rings (SSSR count). The maximum Gasteiger partial charge on any atom is 0.273 e. The van der Waals surface area contributed by atoms with E-state index in [-0.39, 0.29) is 5.91 Å². The van der Waals surface area contributed by atoms with E-state index in [2.05, 4.69) is 15.4 Å². The molecule has 6 heteroatoms. The summed E-state index contributed by atoms with van der Waals surface area (Å²) in [6.45, 7) is 0. The predicted molar refractivity (Wildman–Crippen MR) is 56.7 cm³/mol. The molecule has 0 radical (unpaired) electrons. The summed E-state index contributed by atoms with van der Waals surface area (Å²) in [5, 5.41) is 15.3. The van der Waals surface area contributed by atoms with Gasteiger partial charge in [-0.05, 0) is 12.1 Å². The Balaban J connectivity index is 2.25. The molecule has 0 aliphatic heterocycles. The first kappa shape index (κ1) is 9.98. The quantitative estimate of drug-likeness (QED) is 0.779. The molecule has 2 N–H and O–H groups in total. The van der Waals surface area contributed by atoms with Crippen LogP contribution in [0.3, 0.4) is 0 Å². The van der Waals surface area contributed by atoms with Crippen molar-refractivity contribution in [2.24, 2.45) is 7.05 Å². The highest BCUT2D eigenvalue weighted by Gasteiger charge is 2.13. The molecule has 1 amide bonds. The molecule has 16 heavy (non-hydrogen) atoms. The maximum atomic E-state index is 11.7. The molecule has 0 saturated heterocycles. The molecule has 0 fully saturated rings. The lowest BCUT2D eigenvalue weighted by Gasteiger charge is -2.04. The number of amides is 1. The Hall–Kier alpha value is -2.55. The van der Waals surface area contributed by atoms with E-state index in [1.54, 1.807) is 25.4 Å². The second-order valence-corrected chi connectivity index (χ2v) is 3.18. The highest BCUT2D eigenvalue weighted by atomic mass is 16.2. The number of nitrogens with one attached hydrogen (secondary N) is 2. The predicted octanol–water partition coefficient (Wildman–Crippen LogP) is 0.872. The van der Waals surface area contributed by atoms with Gasteiger partial charge in [-0.2, -0.15) is 10.4 Å². The van der Waals surface area contributed by atoms with Crippen molar-refractivity contribution < 1.29 is 4.79 Å². The molecule has 0 spiro atoms. The number of carbonyl (C=O) groups excluding carboxylic acids is 1. The summed E-state index contributed by atoms with van der Waals surface area (Å²) < 4.78 is 1.44. The Morgan fingerprint density at radius 2 is 2.50 bits per heavy atom. The third-order valence-electron chi connectivity index (χ3n) is 2.13. The van der Waals surface area contributed by atoms with Crippen molar-refractivity contribution in [2.45, 2.75) is 0 Å². The van der Waals surface area contributed by atoms with Gasteiger partial charge in [-0.25, -0.2) is 0 Å². The number of hydrogen-bond donors (Lipinski definition) is 2. The van der Waals surface area contributed by atoms with Gasteiger partial charge in [0.1, 0.15) is 23.1 Å². The Morgan fingerprint density at radius 3 is 3.12 bits per heavy atom. The summed E-state index contributed by atoms with van der Waals surface area (Å²) in [4.78, 5) is 14.5. The van der Waals surface area contributed by atoms with Crippen LogP contribution in [-0.2, 0) is 7.05 Å². The van der Waals surface area contributed by atoms with Crippen LogP contribution in [0, 0.1) is 11.3 Å².